The van der Waals surface area contributed by atoms with E-state index in [2.05, 4.69) is 0 Å². The number of benzene rings is 1. The summed E-state index contributed by atoms with van der Waals surface area (Å²) in [4.78, 5) is 48.4. The first-order valence-corrected chi connectivity index (χ1v) is 13.1. The normalized spacial score (nSPS) is 14.6. The van der Waals surface area contributed by atoms with Crippen molar-refractivity contribution in [1.29, 1.82) is 0 Å². The fourth-order valence-corrected chi connectivity index (χ4v) is 3.71. The molecule has 0 saturated carbocycles. The highest BCUT2D eigenvalue weighted by Gasteiger charge is 2.36. The SMILES string of the molecule is CCCOC(=O)Oc1ccc(C(C(C)C(C)OC(=O)OC(C)CCC)[C@H](N)C(=O)O)cc1OC(=O)OCCC. The van der Waals surface area contributed by atoms with Gasteiger partial charge >= 0.3 is 24.4 Å². The summed E-state index contributed by atoms with van der Waals surface area (Å²) in [6.07, 6.45) is -1.49. The Bertz CT molecular complexity index is 952. The molecular weight excluding hydrogens is 514 g/mol. The molecule has 0 radical (unpaired) electrons. The molecule has 0 spiro atoms. The highest BCUT2D eigenvalue weighted by molar-refractivity contribution is 5.75. The Balaban J connectivity index is 3.34. The summed E-state index contributed by atoms with van der Waals surface area (Å²) >= 11 is 0. The third kappa shape index (κ3) is 11.4. The van der Waals surface area contributed by atoms with Crippen LogP contribution in [0.1, 0.15) is 78.7 Å². The molecule has 0 amide bonds. The summed E-state index contributed by atoms with van der Waals surface area (Å²) in [7, 11) is 0. The van der Waals surface area contributed by atoms with Crippen LogP contribution >= 0.6 is 0 Å². The van der Waals surface area contributed by atoms with Crippen LogP contribution in [0.15, 0.2) is 18.2 Å². The summed E-state index contributed by atoms with van der Waals surface area (Å²) < 4.78 is 31.0. The number of nitrogens with two attached hydrogens (primary N) is 1. The maximum atomic E-state index is 12.3. The zero-order valence-corrected chi connectivity index (χ0v) is 23.5. The van der Waals surface area contributed by atoms with E-state index in [0.717, 1.165) is 6.42 Å². The van der Waals surface area contributed by atoms with Crippen LogP contribution in [-0.4, -0.2) is 61.0 Å². The summed E-state index contributed by atoms with van der Waals surface area (Å²) in [5, 5.41) is 9.72. The lowest BCUT2D eigenvalue weighted by molar-refractivity contribution is -0.139. The van der Waals surface area contributed by atoms with E-state index in [9.17, 15) is 24.3 Å². The highest BCUT2D eigenvalue weighted by Crippen LogP contribution is 2.37. The van der Waals surface area contributed by atoms with Gasteiger partial charge in [0, 0.05) is 11.8 Å². The third-order valence-electron chi connectivity index (χ3n) is 5.84. The lowest BCUT2D eigenvalue weighted by atomic mass is 9.79. The predicted octanol–water partition coefficient (Wildman–Crippen LogP) is 5.40. The largest absolute Gasteiger partial charge is 0.513 e. The third-order valence-corrected chi connectivity index (χ3v) is 5.84. The molecule has 0 aromatic heterocycles. The number of rotatable bonds is 15. The molecule has 0 saturated heterocycles. The van der Waals surface area contributed by atoms with Gasteiger partial charge in [0.1, 0.15) is 18.2 Å². The lowest BCUT2D eigenvalue weighted by Gasteiger charge is -2.31. The van der Waals surface area contributed by atoms with Crippen LogP contribution in [0, 0.1) is 5.92 Å². The molecule has 1 aromatic rings. The average molecular weight is 556 g/mol. The van der Waals surface area contributed by atoms with E-state index in [1.807, 2.05) is 13.8 Å². The number of ether oxygens (including phenoxy) is 6. The van der Waals surface area contributed by atoms with Crippen molar-refractivity contribution in [3.05, 3.63) is 23.8 Å². The van der Waals surface area contributed by atoms with Crippen LogP contribution in [0.2, 0.25) is 0 Å². The van der Waals surface area contributed by atoms with Gasteiger partial charge in [0.25, 0.3) is 0 Å². The van der Waals surface area contributed by atoms with Crippen molar-refractivity contribution in [2.45, 2.75) is 91.4 Å². The quantitative estimate of drug-likeness (QED) is 0.161. The number of carboxylic acids is 1. The molecule has 0 bridgehead atoms. The molecule has 0 fully saturated rings. The molecular formula is C27H41NO11. The van der Waals surface area contributed by atoms with Gasteiger partial charge in [-0.25, -0.2) is 14.4 Å². The van der Waals surface area contributed by atoms with Crippen LogP contribution in [0.3, 0.4) is 0 Å². The van der Waals surface area contributed by atoms with Gasteiger partial charge in [-0.3, -0.25) is 4.79 Å². The van der Waals surface area contributed by atoms with Gasteiger partial charge in [0.2, 0.25) is 0 Å². The highest BCUT2D eigenvalue weighted by atomic mass is 16.7. The fourth-order valence-electron chi connectivity index (χ4n) is 3.71. The molecule has 0 heterocycles. The Morgan fingerprint density at radius 3 is 1.90 bits per heavy atom. The topological polar surface area (TPSA) is 170 Å². The molecule has 12 heteroatoms. The first kappa shape index (κ1) is 33.5. The second-order valence-corrected chi connectivity index (χ2v) is 9.15. The summed E-state index contributed by atoms with van der Waals surface area (Å²) in [5.74, 6) is -3.22. The molecule has 1 rings (SSSR count). The van der Waals surface area contributed by atoms with Crippen LogP contribution in [0.5, 0.6) is 11.5 Å². The van der Waals surface area contributed by atoms with Gasteiger partial charge in [-0.2, -0.15) is 0 Å². The van der Waals surface area contributed by atoms with Crippen molar-refractivity contribution in [2.24, 2.45) is 11.7 Å². The van der Waals surface area contributed by atoms with Gasteiger partial charge < -0.3 is 39.3 Å². The van der Waals surface area contributed by atoms with Crippen molar-refractivity contribution in [3.63, 3.8) is 0 Å². The van der Waals surface area contributed by atoms with Gasteiger partial charge in [0.05, 0.1) is 13.2 Å². The molecule has 0 aliphatic rings. The second-order valence-electron chi connectivity index (χ2n) is 9.15. The van der Waals surface area contributed by atoms with Gasteiger partial charge in [-0.15, -0.1) is 0 Å². The first-order chi connectivity index (χ1) is 18.4. The van der Waals surface area contributed by atoms with Gasteiger partial charge in [-0.1, -0.05) is 40.2 Å². The predicted molar refractivity (Wildman–Crippen MR) is 140 cm³/mol. The maximum Gasteiger partial charge on any atom is 0.513 e. The fraction of sp³-hybridized carbons (Fsp3) is 0.630. The molecule has 12 nitrogen and oxygen atoms in total. The zero-order valence-electron chi connectivity index (χ0n) is 23.5. The Hall–Kier alpha value is -3.54. The summed E-state index contributed by atoms with van der Waals surface area (Å²) in [6.45, 7) is 10.8. The van der Waals surface area contributed by atoms with E-state index in [0.29, 0.717) is 24.8 Å². The van der Waals surface area contributed by atoms with Crippen LogP contribution < -0.4 is 15.2 Å². The second kappa shape index (κ2) is 17.1. The van der Waals surface area contributed by atoms with E-state index < -0.39 is 48.4 Å². The Morgan fingerprint density at radius 2 is 1.38 bits per heavy atom. The number of carboxylic acid groups (broad SMARTS) is 1. The molecule has 5 atom stereocenters. The monoisotopic (exact) mass is 555 g/mol. The zero-order chi connectivity index (χ0) is 29.5. The van der Waals surface area contributed by atoms with E-state index in [1.54, 1.807) is 27.7 Å². The molecule has 0 aliphatic heterocycles. The van der Waals surface area contributed by atoms with Crippen LogP contribution in [0.4, 0.5) is 14.4 Å². The number of carbonyl (C=O) groups excluding carboxylic acids is 3. The standard InChI is InChI=1S/C27H41NO11/c1-7-10-16(4)36-27(33)37-18(6)17(5)22(23(28)24(29)30)19-11-12-20(38-25(31)34-13-8-2)21(15-19)39-26(32)35-14-9-3/h11-12,15-18,22-23H,7-10,13-14,28H2,1-6H3,(H,29,30)/t16?,17?,18?,22?,23-/m0/s1. The summed E-state index contributed by atoms with van der Waals surface area (Å²) in [5.41, 5.74) is 6.39. The Kier molecular flexibility index (Phi) is 14.7. The molecule has 3 N–H and O–H groups in total. The number of hydrogen-bond acceptors (Lipinski definition) is 11. The Labute approximate surface area is 229 Å². The van der Waals surface area contributed by atoms with Crippen molar-refractivity contribution < 1.29 is 52.7 Å². The van der Waals surface area contributed by atoms with Crippen LogP contribution in [-0.2, 0) is 23.7 Å². The van der Waals surface area contributed by atoms with Crippen LogP contribution in [0.25, 0.3) is 0 Å². The van der Waals surface area contributed by atoms with E-state index in [-0.39, 0.29) is 30.8 Å². The molecule has 0 aliphatic carbocycles. The van der Waals surface area contributed by atoms with Crippen molar-refractivity contribution in [2.75, 3.05) is 13.2 Å². The molecule has 39 heavy (non-hydrogen) atoms. The van der Waals surface area contributed by atoms with Gasteiger partial charge in [0.15, 0.2) is 11.5 Å². The van der Waals surface area contributed by atoms with Crippen molar-refractivity contribution in [3.8, 4) is 11.5 Å². The molecule has 220 valence electrons. The van der Waals surface area contributed by atoms with Crippen molar-refractivity contribution >= 4 is 24.4 Å². The maximum absolute atomic E-state index is 12.3. The lowest BCUT2D eigenvalue weighted by Crippen LogP contribution is -2.42. The van der Waals surface area contributed by atoms with E-state index >= 15 is 0 Å². The minimum atomic E-state index is -1.43. The first-order valence-electron chi connectivity index (χ1n) is 13.1. The van der Waals surface area contributed by atoms with Crippen molar-refractivity contribution in [1.82, 2.24) is 0 Å². The number of carbonyl (C=O) groups is 4. The molecule has 1 aromatic carbocycles. The summed E-state index contributed by atoms with van der Waals surface area (Å²) in [6, 6.07) is 2.70. The average Bonchev–Trinajstić information content (AvgIpc) is 2.87. The Morgan fingerprint density at radius 1 is 0.821 bits per heavy atom. The van der Waals surface area contributed by atoms with E-state index in [4.69, 9.17) is 34.2 Å². The minimum Gasteiger partial charge on any atom is -0.480 e. The smallest absolute Gasteiger partial charge is 0.480 e. The van der Waals surface area contributed by atoms with E-state index in [1.165, 1.54) is 18.2 Å². The van der Waals surface area contributed by atoms with Gasteiger partial charge in [-0.05, 0) is 50.8 Å². The minimum absolute atomic E-state index is 0.0959. The molecule has 4 unspecified atom stereocenters. The number of hydrogen-bond donors (Lipinski definition) is 2. The number of aliphatic carboxylic acids is 1.